The van der Waals surface area contributed by atoms with E-state index in [1.165, 1.54) is 0 Å². The second-order valence-electron chi connectivity index (χ2n) is 5.20. The number of hydrogen-bond acceptors (Lipinski definition) is 4. The molecule has 1 fully saturated rings. The van der Waals surface area contributed by atoms with E-state index in [1.807, 2.05) is 20.8 Å². The van der Waals surface area contributed by atoms with Crippen molar-refractivity contribution in [1.29, 1.82) is 5.26 Å². The van der Waals surface area contributed by atoms with Gasteiger partial charge in [0.1, 0.15) is 5.54 Å². The maximum absolute atomic E-state index is 9.15. The highest BCUT2D eigenvalue weighted by Gasteiger charge is 2.24. The molecule has 4 nitrogen and oxygen atoms in total. The molecule has 0 saturated carbocycles. The van der Waals surface area contributed by atoms with Gasteiger partial charge < -0.3 is 9.47 Å². The van der Waals surface area contributed by atoms with E-state index < -0.39 is 5.54 Å². The van der Waals surface area contributed by atoms with Gasteiger partial charge in [0.15, 0.2) is 0 Å². The molecule has 0 radical (unpaired) electrons. The van der Waals surface area contributed by atoms with Crippen LogP contribution < -0.4 is 5.32 Å². The predicted molar refractivity (Wildman–Crippen MR) is 66.7 cm³/mol. The number of nitrogens with zero attached hydrogens (tertiary/aromatic N) is 1. The largest absolute Gasteiger partial charge is 0.379 e. The van der Waals surface area contributed by atoms with Crippen molar-refractivity contribution in [2.75, 3.05) is 19.8 Å². The van der Waals surface area contributed by atoms with E-state index in [9.17, 15) is 0 Å². The second-order valence-corrected chi connectivity index (χ2v) is 5.20. The summed E-state index contributed by atoms with van der Waals surface area (Å²) in [4.78, 5) is 0. The van der Waals surface area contributed by atoms with Gasteiger partial charge in [-0.1, -0.05) is 0 Å². The average Bonchev–Trinajstić information content (AvgIpc) is 2.76. The predicted octanol–water partition coefficient (Wildman–Crippen LogP) is 1.85. The van der Waals surface area contributed by atoms with E-state index in [2.05, 4.69) is 11.4 Å². The monoisotopic (exact) mass is 240 g/mol. The quantitative estimate of drug-likeness (QED) is 0.690. The van der Waals surface area contributed by atoms with Gasteiger partial charge in [-0.25, -0.2) is 0 Å². The first kappa shape index (κ1) is 14.4. The van der Waals surface area contributed by atoms with Crippen molar-refractivity contribution >= 4 is 0 Å². The summed E-state index contributed by atoms with van der Waals surface area (Å²) in [6.07, 6.45) is 3.20. The molecule has 98 valence electrons. The molecule has 0 amide bonds. The zero-order valence-electron chi connectivity index (χ0n) is 11.2. The normalized spacial score (nSPS) is 23.6. The van der Waals surface area contributed by atoms with E-state index >= 15 is 0 Å². The lowest BCUT2D eigenvalue weighted by Crippen LogP contribution is -2.45. The number of nitriles is 1. The highest BCUT2D eigenvalue weighted by atomic mass is 16.5. The summed E-state index contributed by atoms with van der Waals surface area (Å²) in [6, 6.07) is 2.62. The molecular weight excluding hydrogens is 216 g/mol. The standard InChI is InChI=1S/C13H24N2O2/c1-11(2)15-13(3,10-14)6-8-16-9-12-5-4-7-17-12/h11-12,15H,4-9H2,1-3H3. The fourth-order valence-electron chi connectivity index (χ4n) is 2.06. The van der Waals surface area contributed by atoms with Crippen molar-refractivity contribution < 1.29 is 9.47 Å². The lowest BCUT2D eigenvalue weighted by atomic mass is 9.99. The SMILES string of the molecule is CC(C)NC(C)(C#N)CCOCC1CCCO1. The minimum atomic E-state index is -0.495. The molecule has 0 spiro atoms. The summed E-state index contributed by atoms with van der Waals surface area (Å²) in [5.41, 5.74) is -0.495. The van der Waals surface area contributed by atoms with Crippen LogP contribution in [0.15, 0.2) is 0 Å². The Balaban J connectivity index is 2.16. The van der Waals surface area contributed by atoms with Crippen molar-refractivity contribution in [1.82, 2.24) is 5.32 Å². The summed E-state index contributed by atoms with van der Waals surface area (Å²) >= 11 is 0. The topological polar surface area (TPSA) is 54.3 Å². The Morgan fingerprint density at radius 1 is 1.59 bits per heavy atom. The first-order valence-electron chi connectivity index (χ1n) is 6.44. The molecule has 17 heavy (non-hydrogen) atoms. The van der Waals surface area contributed by atoms with Gasteiger partial charge in [0, 0.05) is 25.7 Å². The molecule has 0 aromatic heterocycles. The molecule has 1 N–H and O–H groups in total. The summed E-state index contributed by atoms with van der Waals surface area (Å²) in [5.74, 6) is 0. The lowest BCUT2D eigenvalue weighted by molar-refractivity contribution is 0.0128. The van der Waals surface area contributed by atoms with Crippen LogP contribution in [-0.2, 0) is 9.47 Å². The molecule has 0 bridgehead atoms. The van der Waals surface area contributed by atoms with Crippen LogP contribution in [0.25, 0.3) is 0 Å². The van der Waals surface area contributed by atoms with Gasteiger partial charge in [-0.2, -0.15) is 5.26 Å². The third kappa shape index (κ3) is 5.49. The molecule has 1 aliphatic rings. The molecular formula is C13H24N2O2. The van der Waals surface area contributed by atoms with Crippen LogP contribution in [0, 0.1) is 11.3 Å². The minimum absolute atomic E-state index is 0.265. The Hall–Kier alpha value is -0.630. The van der Waals surface area contributed by atoms with Gasteiger partial charge in [0.25, 0.3) is 0 Å². The summed E-state index contributed by atoms with van der Waals surface area (Å²) < 4.78 is 11.1. The maximum atomic E-state index is 9.15. The smallest absolute Gasteiger partial charge is 0.106 e. The molecule has 2 atom stereocenters. The molecule has 4 heteroatoms. The Labute approximate surface area is 104 Å². The van der Waals surface area contributed by atoms with Crippen molar-refractivity contribution in [3.8, 4) is 6.07 Å². The molecule has 1 heterocycles. The average molecular weight is 240 g/mol. The van der Waals surface area contributed by atoms with Gasteiger partial charge in [0.05, 0.1) is 18.8 Å². The van der Waals surface area contributed by atoms with Crippen LogP contribution in [0.1, 0.15) is 40.0 Å². The zero-order valence-corrected chi connectivity index (χ0v) is 11.2. The van der Waals surface area contributed by atoms with Gasteiger partial charge in [-0.15, -0.1) is 0 Å². The summed E-state index contributed by atoms with van der Waals surface area (Å²) in [5, 5.41) is 12.4. The van der Waals surface area contributed by atoms with Gasteiger partial charge >= 0.3 is 0 Å². The molecule has 0 aromatic rings. The Morgan fingerprint density at radius 3 is 2.88 bits per heavy atom. The fraction of sp³-hybridized carbons (Fsp3) is 0.923. The third-order valence-corrected chi connectivity index (χ3v) is 2.93. The van der Waals surface area contributed by atoms with Crippen LogP contribution in [0.5, 0.6) is 0 Å². The fourth-order valence-corrected chi connectivity index (χ4v) is 2.06. The van der Waals surface area contributed by atoms with E-state index in [4.69, 9.17) is 14.7 Å². The number of hydrogen-bond donors (Lipinski definition) is 1. The zero-order chi connectivity index (χ0) is 12.7. The van der Waals surface area contributed by atoms with Crippen LogP contribution in [0.2, 0.25) is 0 Å². The van der Waals surface area contributed by atoms with Crippen LogP contribution in [0.3, 0.4) is 0 Å². The molecule has 1 rings (SSSR count). The lowest BCUT2D eigenvalue weighted by Gasteiger charge is -2.25. The number of rotatable bonds is 7. The Kier molecular flexibility index (Phi) is 5.90. The van der Waals surface area contributed by atoms with E-state index in [-0.39, 0.29) is 6.10 Å². The van der Waals surface area contributed by atoms with E-state index in [0.717, 1.165) is 19.4 Å². The highest BCUT2D eigenvalue weighted by Crippen LogP contribution is 2.13. The minimum Gasteiger partial charge on any atom is -0.379 e. The van der Waals surface area contributed by atoms with E-state index in [0.29, 0.717) is 25.7 Å². The van der Waals surface area contributed by atoms with Gasteiger partial charge in [0.2, 0.25) is 0 Å². The van der Waals surface area contributed by atoms with Crippen molar-refractivity contribution in [3.63, 3.8) is 0 Å². The van der Waals surface area contributed by atoms with Crippen LogP contribution in [-0.4, -0.2) is 37.5 Å². The summed E-state index contributed by atoms with van der Waals surface area (Å²) in [7, 11) is 0. The number of nitrogens with one attached hydrogen (secondary N) is 1. The maximum Gasteiger partial charge on any atom is 0.106 e. The van der Waals surface area contributed by atoms with E-state index in [1.54, 1.807) is 0 Å². The first-order valence-corrected chi connectivity index (χ1v) is 6.44. The Morgan fingerprint density at radius 2 is 2.35 bits per heavy atom. The number of ether oxygens (including phenoxy) is 2. The molecule has 1 aliphatic heterocycles. The van der Waals surface area contributed by atoms with Crippen molar-refractivity contribution in [3.05, 3.63) is 0 Å². The molecule has 0 aromatic carbocycles. The highest BCUT2D eigenvalue weighted by molar-refractivity contribution is 5.04. The van der Waals surface area contributed by atoms with Crippen molar-refractivity contribution in [2.24, 2.45) is 0 Å². The van der Waals surface area contributed by atoms with Gasteiger partial charge in [-0.05, 0) is 33.6 Å². The first-order chi connectivity index (χ1) is 8.06. The molecule has 1 saturated heterocycles. The van der Waals surface area contributed by atoms with Crippen molar-refractivity contribution in [2.45, 2.75) is 57.7 Å². The molecule has 0 aliphatic carbocycles. The summed E-state index contributed by atoms with van der Waals surface area (Å²) in [6.45, 7) is 8.12. The van der Waals surface area contributed by atoms with Gasteiger partial charge in [-0.3, -0.25) is 5.32 Å². The third-order valence-electron chi connectivity index (χ3n) is 2.93. The van der Waals surface area contributed by atoms with Crippen LogP contribution in [0.4, 0.5) is 0 Å². The second kappa shape index (κ2) is 6.95. The van der Waals surface area contributed by atoms with Crippen LogP contribution >= 0.6 is 0 Å². The molecule has 2 unspecified atom stereocenters. The Bertz CT molecular complexity index is 257.